The minimum Gasteiger partial charge on any atom is -0.378 e. The Morgan fingerprint density at radius 3 is 2.62 bits per heavy atom. The topological polar surface area (TPSA) is 73.6 Å². The maximum atomic E-state index is 12.7. The average Bonchev–Trinajstić information content (AvgIpc) is 2.52. The van der Waals surface area contributed by atoms with Gasteiger partial charge in [-0.2, -0.15) is 0 Å². The van der Waals surface area contributed by atoms with E-state index in [1.54, 1.807) is 0 Å². The Labute approximate surface area is 152 Å². The molecule has 6 heteroatoms. The van der Waals surface area contributed by atoms with Crippen molar-refractivity contribution < 1.29 is 14.3 Å². The van der Waals surface area contributed by atoms with Gasteiger partial charge in [0.05, 0.1) is 12.2 Å². The van der Waals surface area contributed by atoms with Crippen molar-refractivity contribution in [1.29, 1.82) is 0 Å². The Hall–Kier alpha value is -0.360. The standard InChI is InChI=1S/C18H34N2O3.ClH/c1-6-22-14-10-18(19,17(14,4)5)16(21)20-11-13-8-7-9-23-15(13)12(2)3;/h12-15H,6-11,19H2,1-5H3,(H,20,21);1H. The van der Waals surface area contributed by atoms with Crippen LogP contribution in [-0.4, -0.2) is 43.4 Å². The van der Waals surface area contributed by atoms with Gasteiger partial charge in [0.15, 0.2) is 0 Å². The molecule has 1 saturated heterocycles. The summed E-state index contributed by atoms with van der Waals surface area (Å²) in [4.78, 5) is 12.7. The van der Waals surface area contributed by atoms with Gasteiger partial charge in [-0.1, -0.05) is 27.7 Å². The third-order valence-corrected chi connectivity index (χ3v) is 5.91. The van der Waals surface area contributed by atoms with Crippen LogP contribution in [-0.2, 0) is 14.3 Å². The van der Waals surface area contributed by atoms with Crippen LogP contribution in [0.5, 0.6) is 0 Å². The molecule has 1 aliphatic carbocycles. The highest BCUT2D eigenvalue weighted by molar-refractivity contribution is 5.88. The smallest absolute Gasteiger partial charge is 0.240 e. The van der Waals surface area contributed by atoms with Crippen molar-refractivity contribution in [3.05, 3.63) is 0 Å². The van der Waals surface area contributed by atoms with Crippen LogP contribution in [0.1, 0.15) is 53.9 Å². The highest BCUT2D eigenvalue weighted by atomic mass is 35.5. The molecule has 0 radical (unpaired) electrons. The van der Waals surface area contributed by atoms with E-state index in [0.717, 1.165) is 19.4 Å². The van der Waals surface area contributed by atoms with Gasteiger partial charge in [0.2, 0.25) is 5.91 Å². The Morgan fingerprint density at radius 2 is 2.08 bits per heavy atom. The summed E-state index contributed by atoms with van der Waals surface area (Å²) in [5.74, 6) is 0.792. The predicted octanol–water partition coefficient (Wildman–Crippen LogP) is 2.51. The van der Waals surface area contributed by atoms with Gasteiger partial charge in [-0.25, -0.2) is 0 Å². The van der Waals surface area contributed by atoms with Crippen molar-refractivity contribution in [2.45, 2.75) is 71.6 Å². The molecule has 1 aliphatic heterocycles. The van der Waals surface area contributed by atoms with E-state index in [9.17, 15) is 4.79 Å². The summed E-state index contributed by atoms with van der Waals surface area (Å²) in [6.45, 7) is 12.5. The van der Waals surface area contributed by atoms with Gasteiger partial charge in [-0.3, -0.25) is 4.79 Å². The molecule has 0 aromatic carbocycles. The van der Waals surface area contributed by atoms with Gasteiger partial charge in [0.25, 0.3) is 0 Å². The van der Waals surface area contributed by atoms with Crippen molar-refractivity contribution in [2.75, 3.05) is 19.8 Å². The zero-order valence-corrected chi connectivity index (χ0v) is 16.6. The van der Waals surface area contributed by atoms with Crippen LogP contribution in [0.3, 0.4) is 0 Å². The number of nitrogens with two attached hydrogens (primary N) is 1. The van der Waals surface area contributed by atoms with Gasteiger partial charge >= 0.3 is 0 Å². The molecule has 4 atom stereocenters. The molecule has 4 unspecified atom stereocenters. The number of rotatable bonds is 6. The van der Waals surface area contributed by atoms with Gasteiger partial charge in [-0.05, 0) is 25.7 Å². The monoisotopic (exact) mass is 362 g/mol. The van der Waals surface area contributed by atoms with Gasteiger partial charge in [0, 0.05) is 37.5 Å². The number of nitrogens with one attached hydrogen (secondary N) is 1. The Morgan fingerprint density at radius 1 is 1.42 bits per heavy atom. The van der Waals surface area contributed by atoms with E-state index in [4.69, 9.17) is 15.2 Å². The van der Waals surface area contributed by atoms with E-state index >= 15 is 0 Å². The molecule has 3 N–H and O–H groups in total. The first kappa shape index (κ1) is 21.7. The molecule has 24 heavy (non-hydrogen) atoms. The molecular formula is C18H35ClN2O3. The lowest BCUT2D eigenvalue weighted by molar-refractivity contribution is -0.171. The quantitative estimate of drug-likeness (QED) is 0.761. The van der Waals surface area contributed by atoms with Crippen LogP contribution >= 0.6 is 12.4 Å². The molecule has 2 fully saturated rings. The van der Waals surface area contributed by atoms with Crippen LogP contribution in [0.25, 0.3) is 0 Å². The largest absolute Gasteiger partial charge is 0.378 e. The van der Waals surface area contributed by atoms with Gasteiger partial charge < -0.3 is 20.5 Å². The van der Waals surface area contributed by atoms with Crippen molar-refractivity contribution in [2.24, 2.45) is 23.0 Å². The number of hydrogen-bond donors (Lipinski definition) is 2. The van der Waals surface area contributed by atoms with E-state index in [1.165, 1.54) is 0 Å². The van der Waals surface area contributed by atoms with Crippen LogP contribution in [0.2, 0.25) is 0 Å². The minimum absolute atomic E-state index is 0. The van der Waals surface area contributed by atoms with E-state index in [2.05, 4.69) is 19.2 Å². The molecule has 1 heterocycles. The molecular weight excluding hydrogens is 328 g/mol. The minimum atomic E-state index is -0.838. The molecule has 2 rings (SSSR count). The van der Waals surface area contributed by atoms with Crippen LogP contribution in [0.4, 0.5) is 0 Å². The van der Waals surface area contributed by atoms with Crippen molar-refractivity contribution in [3.63, 3.8) is 0 Å². The molecule has 5 nitrogen and oxygen atoms in total. The number of halogens is 1. The average molecular weight is 363 g/mol. The highest BCUT2D eigenvalue weighted by Crippen LogP contribution is 2.49. The Bertz CT molecular complexity index is 430. The first-order chi connectivity index (χ1) is 10.7. The van der Waals surface area contributed by atoms with Crippen molar-refractivity contribution in [1.82, 2.24) is 5.32 Å². The maximum absolute atomic E-state index is 12.7. The lowest BCUT2D eigenvalue weighted by Crippen LogP contribution is -2.76. The van der Waals surface area contributed by atoms with E-state index in [-0.39, 0.29) is 35.9 Å². The van der Waals surface area contributed by atoms with E-state index < -0.39 is 5.54 Å². The SMILES string of the molecule is CCOC1CC(N)(C(=O)NCC2CCCOC2C(C)C)C1(C)C.Cl. The first-order valence-corrected chi connectivity index (χ1v) is 9.04. The molecule has 0 bridgehead atoms. The lowest BCUT2D eigenvalue weighted by atomic mass is 9.54. The predicted molar refractivity (Wildman–Crippen MR) is 98.3 cm³/mol. The summed E-state index contributed by atoms with van der Waals surface area (Å²) < 4.78 is 11.6. The zero-order valence-electron chi connectivity index (χ0n) is 15.8. The van der Waals surface area contributed by atoms with Crippen molar-refractivity contribution >= 4 is 18.3 Å². The fourth-order valence-corrected chi connectivity index (χ4v) is 4.02. The second-order valence-electron chi connectivity index (χ2n) is 8.03. The third kappa shape index (κ3) is 3.90. The summed E-state index contributed by atoms with van der Waals surface area (Å²) in [5.41, 5.74) is 5.25. The van der Waals surface area contributed by atoms with E-state index in [0.29, 0.717) is 31.4 Å². The molecule has 0 aromatic rings. The second-order valence-corrected chi connectivity index (χ2v) is 8.03. The number of carbonyl (C=O) groups is 1. The van der Waals surface area contributed by atoms with Crippen LogP contribution < -0.4 is 11.1 Å². The maximum Gasteiger partial charge on any atom is 0.240 e. The molecule has 142 valence electrons. The Balaban J connectivity index is 0.00000288. The number of carbonyl (C=O) groups excluding carboxylic acids is 1. The summed E-state index contributed by atoms with van der Waals surface area (Å²) >= 11 is 0. The molecule has 1 amide bonds. The summed E-state index contributed by atoms with van der Waals surface area (Å²) in [7, 11) is 0. The number of amides is 1. The Kier molecular flexibility index (Phi) is 7.54. The second kappa shape index (κ2) is 8.35. The molecule has 0 aromatic heterocycles. The molecule has 0 spiro atoms. The third-order valence-electron chi connectivity index (χ3n) is 5.91. The molecule has 2 aliphatic rings. The number of ether oxygens (including phenoxy) is 2. The normalized spacial score (nSPS) is 35.0. The van der Waals surface area contributed by atoms with Crippen LogP contribution in [0, 0.1) is 17.3 Å². The lowest BCUT2D eigenvalue weighted by Gasteiger charge is -2.57. The summed E-state index contributed by atoms with van der Waals surface area (Å²) in [6.07, 6.45) is 3.04. The zero-order chi connectivity index (χ0) is 17.3. The van der Waals surface area contributed by atoms with Gasteiger partial charge in [-0.15, -0.1) is 12.4 Å². The summed E-state index contributed by atoms with van der Waals surface area (Å²) in [5, 5.41) is 3.10. The van der Waals surface area contributed by atoms with Crippen molar-refractivity contribution in [3.8, 4) is 0 Å². The molecule has 1 saturated carbocycles. The highest BCUT2D eigenvalue weighted by Gasteiger charge is 2.62. The first-order valence-electron chi connectivity index (χ1n) is 9.04. The fraction of sp³-hybridized carbons (Fsp3) is 0.944. The van der Waals surface area contributed by atoms with Gasteiger partial charge in [0.1, 0.15) is 5.54 Å². The summed E-state index contributed by atoms with van der Waals surface area (Å²) in [6, 6.07) is 0. The van der Waals surface area contributed by atoms with Crippen LogP contribution in [0.15, 0.2) is 0 Å². The van der Waals surface area contributed by atoms with E-state index in [1.807, 2.05) is 20.8 Å². The fourth-order valence-electron chi connectivity index (χ4n) is 4.02. The number of hydrogen-bond acceptors (Lipinski definition) is 4.